The van der Waals surface area contributed by atoms with Gasteiger partial charge in [0.2, 0.25) is 0 Å². The van der Waals surface area contributed by atoms with Gasteiger partial charge in [0.05, 0.1) is 12.2 Å². The van der Waals surface area contributed by atoms with Crippen molar-refractivity contribution in [2.24, 2.45) is 10.7 Å². The molecular weight excluding hydrogens is 182 g/mol. The van der Waals surface area contributed by atoms with E-state index in [2.05, 4.69) is 10.3 Å². The van der Waals surface area contributed by atoms with Crippen LogP contribution in [0.15, 0.2) is 4.99 Å². The maximum absolute atomic E-state index is 11.7. The van der Waals surface area contributed by atoms with E-state index in [1.54, 1.807) is 0 Å². The summed E-state index contributed by atoms with van der Waals surface area (Å²) in [6.07, 6.45) is 1.34. The van der Waals surface area contributed by atoms with Gasteiger partial charge in [0, 0.05) is 12.8 Å². The third-order valence-corrected chi connectivity index (χ3v) is 2.71. The summed E-state index contributed by atoms with van der Waals surface area (Å²) in [6.45, 7) is 3.91. The van der Waals surface area contributed by atoms with Gasteiger partial charge in [0.1, 0.15) is 5.54 Å². The number of aliphatic imine (C=N–C) groups is 1. The highest BCUT2D eigenvalue weighted by Crippen LogP contribution is 2.34. The zero-order valence-electron chi connectivity index (χ0n) is 8.41. The van der Waals surface area contributed by atoms with E-state index in [0.717, 1.165) is 0 Å². The van der Waals surface area contributed by atoms with Gasteiger partial charge in [-0.15, -0.1) is 0 Å². The summed E-state index contributed by atoms with van der Waals surface area (Å²) in [5.74, 6) is 0.147. The Bertz CT molecular complexity index is 290. The number of carbonyl (C=O) groups is 1. The maximum atomic E-state index is 11.7. The fourth-order valence-corrected chi connectivity index (χ4v) is 2.35. The molecule has 5 heteroatoms. The third-order valence-electron chi connectivity index (χ3n) is 2.71. The van der Waals surface area contributed by atoms with Crippen molar-refractivity contribution in [3.63, 3.8) is 0 Å². The van der Waals surface area contributed by atoms with Gasteiger partial charge in [-0.25, -0.2) is 4.99 Å². The van der Waals surface area contributed by atoms with Crippen molar-refractivity contribution < 1.29 is 9.53 Å². The van der Waals surface area contributed by atoms with Gasteiger partial charge in [-0.3, -0.25) is 10.1 Å². The van der Waals surface area contributed by atoms with Gasteiger partial charge in [-0.05, 0) is 13.8 Å². The first kappa shape index (κ1) is 9.45. The number of rotatable bonds is 0. The van der Waals surface area contributed by atoms with Crippen molar-refractivity contribution in [2.45, 2.75) is 44.4 Å². The molecule has 0 aliphatic carbocycles. The fourth-order valence-electron chi connectivity index (χ4n) is 2.35. The smallest absolute Gasteiger partial charge is 0.254 e. The number of amides is 1. The normalized spacial score (nSPS) is 42.4. The van der Waals surface area contributed by atoms with Crippen molar-refractivity contribution >= 4 is 11.9 Å². The molecule has 0 bridgehead atoms. The molecule has 2 heterocycles. The van der Waals surface area contributed by atoms with Crippen LogP contribution in [0, 0.1) is 0 Å². The molecule has 1 fully saturated rings. The first-order valence-corrected chi connectivity index (χ1v) is 4.84. The Morgan fingerprint density at radius 3 is 2.50 bits per heavy atom. The molecule has 0 aromatic heterocycles. The predicted octanol–water partition coefficient (Wildman–Crippen LogP) is -0.243. The number of nitrogens with one attached hydrogen (secondary N) is 1. The largest absolute Gasteiger partial charge is 0.375 e. The van der Waals surface area contributed by atoms with Gasteiger partial charge < -0.3 is 10.5 Å². The minimum atomic E-state index is -0.666. The second-order valence-electron chi connectivity index (χ2n) is 4.15. The van der Waals surface area contributed by atoms with Crippen LogP contribution >= 0.6 is 0 Å². The Kier molecular flexibility index (Phi) is 1.99. The average Bonchev–Trinajstić information content (AvgIpc) is 2.23. The molecule has 2 rings (SSSR count). The summed E-state index contributed by atoms with van der Waals surface area (Å²) in [6, 6.07) is 0. The lowest BCUT2D eigenvalue weighted by molar-refractivity contribution is -0.132. The van der Waals surface area contributed by atoms with Gasteiger partial charge >= 0.3 is 0 Å². The summed E-state index contributed by atoms with van der Waals surface area (Å²) in [5, 5.41) is 2.55. The molecule has 0 aromatic rings. The lowest BCUT2D eigenvalue weighted by Crippen LogP contribution is -2.48. The second-order valence-corrected chi connectivity index (χ2v) is 4.15. The predicted molar refractivity (Wildman–Crippen MR) is 51.7 cm³/mol. The standard InChI is InChI=1S/C9H15N3O2/c1-5-3-9(4-6(2)14-5)7(13)11-8(10)12-9/h5-6H,3-4H2,1-2H3,(H3,10,11,12,13). The van der Waals surface area contributed by atoms with E-state index in [4.69, 9.17) is 10.5 Å². The molecule has 0 aromatic carbocycles. The summed E-state index contributed by atoms with van der Waals surface area (Å²) in [5.41, 5.74) is 4.83. The van der Waals surface area contributed by atoms with Crippen molar-refractivity contribution in [3.8, 4) is 0 Å². The Morgan fingerprint density at radius 2 is 2.07 bits per heavy atom. The summed E-state index contributed by atoms with van der Waals surface area (Å²) in [4.78, 5) is 15.9. The second kappa shape index (κ2) is 2.95. The lowest BCUT2D eigenvalue weighted by Gasteiger charge is -2.35. The topological polar surface area (TPSA) is 76.7 Å². The quantitative estimate of drug-likeness (QED) is 0.562. The van der Waals surface area contributed by atoms with E-state index < -0.39 is 5.54 Å². The monoisotopic (exact) mass is 197 g/mol. The Morgan fingerprint density at radius 1 is 1.50 bits per heavy atom. The molecule has 14 heavy (non-hydrogen) atoms. The van der Waals surface area contributed by atoms with Crippen molar-refractivity contribution in [1.82, 2.24) is 5.32 Å². The minimum absolute atomic E-state index is 0.0548. The highest BCUT2D eigenvalue weighted by molar-refractivity contribution is 6.06. The molecule has 1 saturated heterocycles. The van der Waals surface area contributed by atoms with Crippen molar-refractivity contribution in [2.75, 3.05) is 0 Å². The van der Waals surface area contributed by atoms with E-state index in [1.807, 2.05) is 13.8 Å². The van der Waals surface area contributed by atoms with Crippen LogP contribution in [0.25, 0.3) is 0 Å². The zero-order chi connectivity index (χ0) is 10.3. The summed E-state index contributed by atoms with van der Waals surface area (Å²) >= 11 is 0. The molecule has 2 aliphatic heterocycles. The van der Waals surface area contributed by atoms with Gasteiger partial charge in [-0.1, -0.05) is 0 Å². The van der Waals surface area contributed by atoms with E-state index in [9.17, 15) is 4.79 Å². The molecule has 0 saturated carbocycles. The molecule has 3 N–H and O–H groups in total. The number of nitrogens with two attached hydrogens (primary N) is 1. The molecule has 1 amide bonds. The van der Waals surface area contributed by atoms with Crippen molar-refractivity contribution in [1.29, 1.82) is 0 Å². The Labute approximate surface area is 82.7 Å². The highest BCUT2D eigenvalue weighted by atomic mass is 16.5. The first-order valence-electron chi connectivity index (χ1n) is 4.84. The minimum Gasteiger partial charge on any atom is -0.375 e. The van der Waals surface area contributed by atoms with Gasteiger partial charge in [-0.2, -0.15) is 0 Å². The fraction of sp³-hybridized carbons (Fsp3) is 0.778. The molecule has 5 nitrogen and oxygen atoms in total. The number of ether oxygens (including phenoxy) is 1. The molecule has 2 aliphatic rings. The van der Waals surface area contributed by atoms with Gasteiger partial charge in [0.15, 0.2) is 5.96 Å². The molecular formula is C9H15N3O2. The molecule has 2 atom stereocenters. The van der Waals surface area contributed by atoms with Crippen LogP contribution < -0.4 is 11.1 Å². The van der Waals surface area contributed by atoms with E-state index in [-0.39, 0.29) is 24.1 Å². The maximum Gasteiger partial charge on any atom is 0.254 e. The third kappa shape index (κ3) is 1.37. The Hall–Kier alpha value is -1.10. The van der Waals surface area contributed by atoms with E-state index in [1.165, 1.54) is 0 Å². The summed E-state index contributed by atoms with van der Waals surface area (Å²) < 4.78 is 5.57. The number of nitrogens with zero attached hydrogens (tertiary/aromatic N) is 1. The highest BCUT2D eigenvalue weighted by Gasteiger charge is 2.48. The van der Waals surface area contributed by atoms with Crippen LogP contribution in [0.1, 0.15) is 26.7 Å². The summed E-state index contributed by atoms with van der Waals surface area (Å²) in [7, 11) is 0. The van der Waals surface area contributed by atoms with E-state index >= 15 is 0 Å². The number of hydrogen-bond acceptors (Lipinski definition) is 4. The number of hydrogen-bond donors (Lipinski definition) is 2. The van der Waals surface area contributed by atoms with E-state index in [0.29, 0.717) is 12.8 Å². The van der Waals surface area contributed by atoms with Crippen LogP contribution in [-0.2, 0) is 9.53 Å². The Balaban J connectivity index is 2.26. The van der Waals surface area contributed by atoms with Crippen molar-refractivity contribution in [3.05, 3.63) is 0 Å². The van der Waals surface area contributed by atoms with Crippen LogP contribution in [0.3, 0.4) is 0 Å². The first-order chi connectivity index (χ1) is 6.52. The number of guanidine groups is 1. The molecule has 78 valence electrons. The van der Waals surface area contributed by atoms with Gasteiger partial charge in [0.25, 0.3) is 5.91 Å². The van der Waals surface area contributed by atoms with Crippen LogP contribution in [-0.4, -0.2) is 29.6 Å². The van der Waals surface area contributed by atoms with Crippen LogP contribution in [0.2, 0.25) is 0 Å². The number of carbonyl (C=O) groups excluding carboxylic acids is 1. The van der Waals surface area contributed by atoms with Crippen LogP contribution in [0.5, 0.6) is 0 Å². The lowest BCUT2D eigenvalue weighted by atomic mass is 9.84. The molecule has 0 radical (unpaired) electrons. The molecule has 2 unspecified atom stereocenters. The zero-order valence-corrected chi connectivity index (χ0v) is 8.41. The SMILES string of the molecule is CC1CC2(CC(C)O1)N=C(N)NC2=O. The molecule has 1 spiro atoms. The van der Waals surface area contributed by atoms with Crippen LogP contribution in [0.4, 0.5) is 0 Å². The average molecular weight is 197 g/mol.